The predicted molar refractivity (Wildman–Crippen MR) is 66.1 cm³/mol. The van der Waals surface area contributed by atoms with Crippen molar-refractivity contribution in [1.29, 1.82) is 0 Å². The number of esters is 1. The van der Waals surface area contributed by atoms with Gasteiger partial charge in [-0.05, 0) is 25.1 Å². The van der Waals surface area contributed by atoms with E-state index in [2.05, 4.69) is 10.1 Å². The van der Waals surface area contributed by atoms with Gasteiger partial charge in [0.1, 0.15) is 5.75 Å². The number of carbonyl (C=O) groups is 1. The summed E-state index contributed by atoms with van der Waals surface area (Å²) in [6, 6.07) is 9.73. The van der Waals surface area contributed by atoms with Crippen molar-refractivity contribution < 1.29 is 14.3 Å². The number of nitrogens with one attached hydrogen (secondary N) is 1. The van der Waals surface area contributed by atoms with E-state index in [0.717, 1.165) is 18.7 Å². The number of rotatable bonds is 8. The molecule has 17 heavy (non-hydrogen) atoms. The normalized spacial score (nSPS) is 9.94. The number of para-hydroxylation sites is 1. The molecule has 0 heterocycles. The summed E-state index contributed by atoms with van der Waals surface area (Å²) < 4.78 is 10.1. The van der Waals surface area contributed by atoms with Crippen molar-refractivity contribution in [2.45, 2.75) is 12.8 Å². The zero-order valence-electron chi connectivity index (χ0n) is 10.1. The van der Waals surface area contributed by atoms with Crippen LogP contribution in [0.1, 0.15) is 12.8 Å². The summed E-state index contributed by atoms with van der Waals surface area (Å²) in [4.78, 5) is 10.8. The molecule has 0 unspecified atom stereocenters. The largest absolute Gasteiger partial charge is 0.494 e. The van der Waals surface area contributed by atoms with Gasteiger partial charge in [-0.1, -0.05) is 18.2 Å². The molecule has 1 aromatic rings. The van der Waals surface area contributed by atoms with Crippen LogP contribution in [0.15, 0.2) is 30.3 Å². The maximum atomic E-state index is 10.8. The first-order valence-electron chi connectivity index (χ1n) is 5.78. The number of carbonyl (C=O) groups excluding carboxylic acids is 1. The lowest BCUT2D eigenvalue weighted by Gasteiger charge is -2.06. The van der Waals surface area contributed by atoms with Gasteiger partial charge in [-0.2, -0.15) is 0 Å². The van der Waals surface area contributed by atoms with Crippen LogP contribution in [0, 0.1) is 0 Å². The van der Waals surface area contributed by atoms with Crippen LogP contribution < -0.4 is 10.1 Å². The molecule has 0 aliphatic heterocycles. The van der Waals surface area contributed by atoms with Crippen LogP contribution >= 0.6 is 0 Å². The second-order valence-electron chi connectivity index (χ2n) is 3.59. The van der Waals surface area contributed by atoms with Crippen LogP contribution in [0.2, 0.25) is 0 Å². The summed E-state index contributed by atoms with van der Waals surface area (Å²) in [5.41, 5.74) is 0. The van der Waals surface area contributed by atoms with E-state index >= 15 is 0 Å². The molecule has 1 aromatic carbocycles. The summed E-state index contributed by atoms with van der Waals surface area (Å²) in [5.74, 6) is 0.708. The molecular weight excluding hydrogens is 218 g/mol. The standard InChI is InChI=1S/C13H19NO3/c1-16-13(15)8-10-14-9-5-11-17-12-6-3-2-4-7-12/h2-4,6-7,14H,5,8-11H2,1H3. The maximum Gasteiger partial charge on any atom is 0.306 e. The van der Waals surface area contributed by atoms with Gasteiger partial charge < -0.3 is 14.8 Å². The summed E-state index contributed by atoms with van der Waals surface area (Å²) in [6.45, 7) is 2.16. The topological polar surface area (TPSA) is 47.6 Å². The second-order valence-corrected chi connectivity index (χ2v) is 3.59. The van der Waals surface area contributed by atoms with Crippen molar-refractivity contribution in [3.05, 3.63) is 30.3 Å². The molecule has 0 aliphatic carbocycles. The zero-order chi connectivity index (χ0) is 12.3. The van der Waals surface area contributed by atoms with E-state index in [9.17, 15) is 4.79 Å². The van der Waals surface area contributed by atoms with Crippen molar-refractivity contribution in [1.82, 2.24) is 5.32 Å². The molecule has 0 amide bonds. The average Bonchev–Trinajstić information content (AvgIpc) is 2.38. The molecule has 0 saturated heterocycles. The fraction of sp³-hybridized carbons (Fsp3) is 0.462. The lowest BCUT2D eigenvalue weighted by Crippen LogP contribution is -2.21. The highest BCUT2D eigenvalue weighted by Crippen LogP contribution is 2.07. The van der Waals surface area contributed by atoms with Gasteiger partial charge in [-0.15, -0.1) is 0 Å². The quantitative estimate of drug-likeness (QED) is 0.551. The second kappa shape index (κ2) is 8.58. The van der Waals surface area contributed by atoms with E-state index in [1.54, 1.807) is 0 Å². The van der Waals surface area contributed by atoms with Gasteiger partial charge in [-0.25, -0.2) is 0 Å². The monoisotopic (exact) mass is 237 g/mol. The van der Waals surface area contributed by atoms with Gasteiger partial charge in [0, 0.05) is 6.54 Å². The Morgan fingerprint density at radius 1 is 1.24 bits per heavy atom. The highest BCUT2D eigenvalue weighted by molar-refractivity contribution is 5.69. The Labute approximate surface area is 102 Å². The molecule has 0 aromatic heterocycles. The smallest absolute Gasteiger partial charge is 0.306 e. The van der Waals surface area contributed by atoms with Crippen LogP contribution in [-0.2, 0) is 9.53 Å². The molecular formula is C13H19NO3. The molecule has 4 nitrogen and oxygen atoms in total. The van der Waals surface area contributed by atoms with Crippen molar-refractivity contribution >= 4 is 5.97 Å². The van der Waals surface area contributed by atoms with Crippen molar-refractivity contribution in [2.24, 2.45) is 0 Å². The molecule has 0 radical (unpaired) electrons. The highest BCUT2D eigenvalue weighted by atomic mass is 16.5. The van der Waals surface area contributed by atoms with Crippen molar-refractivity contribution in [2.75, 3.05) is 26.8 Å². The summed E-state index contributed by atoms with van der Waals surface area (Å²) >= 11 is 0. The predicted octanol–water partition coefficient (Wildman–Crippen LogP) is 1.61. The minimum Gasteiger partial charge on any atom is -0.494 e. The Balaban J connectivity index is 1.93. The van der Waals surface area contributed by atoms with Gasteiger partial charge >= 0.3 is 5.97 Å². The Bertz CT molecular complexity index is 314. The molecule has 94 valence electrons. The van der Waals surface area contributed by atoms with Crippen LogP contribution in [0.4, 0.5) is 0 Å². The third kappa shape index (κ3) is 6.58. The molecule has 0 fully saturated rings. The van der Waals surface area contributed by atoms with Crippen molar-refractivity contribution in [3.8, 4) is 5.75 Å². The first-order valence-corrected chi connectivity index (χ1v) is 5.78. The van der Waals surface area contributed by atoms with E-state index in [0.29, 0.717) is 19.6 Å². The number of benzene rings is 1. The van der Waals surface area contributed by atoms with Crippen molar-refractivity contribution in [3.63, 3.8) is 0 Å². The Hall–Kier alpha value is -1.55. The minimum atomic E-state index is -0.182. The van der Waals surface area contributed by atoms with Crippen LogP contribution in [0.3, 0.4) is 0 Å². The molecule has 4 heteroatoms. The van der Waals surface area contributed by atoms with Crippen LogP contribution in [0.5, 0.6) is 5.75 Å². The third-order valence-electron chi connectivity index (χ3n) is 2.24. The SMILES string of the molecule is COC(=O)CCNCCCOc1ccccc1. The fourth-order valence-electron chi connectivity index (χ4n) is 1.32. The van der Waals surface area contributed by atoms with Gasteiger partial charge in [0.05, 0.1) is 20.1 Å². The van der Waals surface area contributed by atoms with Gasteiger partial charge in [-0.3, -0.25) is 4.79 Å². The molecule has 0 atom stereocenters. The Kier molecular flexibility index (Phi) is 6.82. The summed E-state index contributed by atoms with van der Waals surface area (Å²) in [7, 11) is 1.40. The number of hydrogen-bond donors (Lipinski definition) is 1. The lowest BCUT2D eigenvalue weighted by atomic mass is 10.3. The minimum absolute atomic E-state index is 0.182. The first kappa shape index (κ1) is 13.5. The fourth-order valence-corrected chi connectivity index (χ4v) is 1.32. The number of methoxy groups -OCH3 is 1. The van der Waals surface area contributed by atoms with E-state index in [4.69, 9.17) is 4.74 Å². The molecule has 1 N–H and O–H groups in total. The van der Waals surface area contributed by atoms with Gasteiger partial charge in [0.25, 0.3) is 0 Å². The van der Waals surface area contributed by atoms with E-state index in [1.807, 2.05) is 30.3 Å². The molecule has 0 spiro atoms. The van der Waals surface area contributed by atoms with E-state index in [1.165, 1.54) is 7.11 Å². The highest BCUT2D eigenvalue weighted by Gasteiger charge is 1.98. The molecule has 0 aliphatic rings. The number of hydrogen-bond acceptors (Lipinski definition) is 4. The Morgan fingerprint density at radius 2 is 2.00 bits per heavy atom. The van der Waals surface area contributed by atoms with E-state index < -0.39 is 0 Å². The third-order valence-corrected chi connectivity index (χ3v) is 2.24. The van der Waals surface area contributed by atoms with Crippen LogP contribution in [0.25, 0.3) is 0 Å². The van der Waals surface area contributed by atoms with Gasteiger partial charge in [0.15, 0.2) is 0 Å². The number of ether oxygens (including phenoxy) is 2. The summed E-state index contributed by atoms with van der Waals surface area (Å²) in [5, 5.41) is 3.16. The maximum absolute atomic E-state index is 10.8. The Morgan fingerprint density at radius 3 is 2.71 bits per heavy atom. The molecule has 1 rings (SSSR count). The van der Waals surface area contributed by atoms with E-state index in [-0.39, 0.29) is 5.97 Å². The van der Waals surface area contributed by atoms with Crippen LogP contribution in [-0.4, -0.2) is 32.8 Å². The lowest BCUT2D eigenvalue weighted by molar-refractivity contribution is -0.140. The van der Waals surface area contributed by atoms with Gasteiger partial charge in [0.2, 0.25) is 0 Å². The zero-order valence-corrected chi connectivity index (χ0v) is 10.1. The molecule has 0 bridgehead atoms. The first-order chi connectivity index (χ1) is 8.33. The summed E-state index contributed by atoms with van der Waals surface area (Å²) in [6.07, 6.45) is 1.33. The molecule has 0 saturated carbocycles. The average molecular weight is 237 g/mol.